The molecule has 1 aliphatic heterocycles. The van der Waals surface area contributed by atoms with Gasteiger partial charge in [0.15, 0.2) is 0 Å². The molecule has 1 heterocycles. The first kappa shape index (κ1) is 20.2. The summed E-state index contributed by atoms with van der Waals surface area (Å²) in [7, 11) is -3.60. The number of aryl methyl sites for hydroxylation is 2. The number of nitrogens with zero attached hydrogens (tertiary/aromatic N) is 2. The third-order valence-electron chi connectivity index (χ3n) is 4.98. The largest absolute Gasteiger partial charge is 0.273 e. The molecule has 1 N–H and O–H groups in total. The van der Waals surface area contributed by atoms with Gasteiger partial charge in [-0.05, 0) is 49.9 Å². The lowest BCUT2D eigenvalue weighted by atomic mass is 9.99. The van der Waals surface area contributed by atoms with E-state index in [0.29, 0.717) is 19.4 Å². The fourth-order valence-corrected chi connectivity index (χ4v) is 4.75. The van der Waals surface area contributed by atoms with Gasteiger partial charge in [0.05, 0.1) is 17.0 Å². The number of carbonyl (C=O) groups is 1. The number of carbonyl (C=O) groups excluding carboxylic acids is 1. The zero-order valence-corrected chi connectivity index (χ0v) is 16.9. The van der Waals surface area contributed by atoms with Gasteiger partial charge in [-0.25, -0.2) is 13.8 Å². The first-order valence-corrected chi connectivity index (χ1v) is 10.8. The lowest BCUT2D eigenvalue weighted by Gasteiger charge is -2.30. The van der Waals surface area contributed by atoms with Crippen molar-refractivity contribution in [3.63, 3.8) is 0 Å². The minimum absolute atomic E-state index is 0.169. The van der Waals surface area contributed by atoms with E-state index >= 15 is 0 Å². The molecule has 0 aliphatic carbocycles. The summed E-state index contributed by atoms with van der Waals surface area (Å²) >= 11 is 0. The fourth-order valence-electron chi connectivity index (χ4n) is 3.22. The van der Waals surface area contributed by atoms with Crippen molar-refractivity contribution in [2.75, 3.05) is 13.1 Å². The van der Waals surface area contributed by atoms with Crippen LogP contribution in [0.4, 0.5) is 0 Å². The Bertz CT molecular complexity index is 969. The molecular weight excluding hydrogens is 374 g/mol. The lowest BCUT2D eigenvalue weighted by molar-refractivity contribution is -0.126. The van der Waals surface area contributed by atoms with Crippen LogP contribution in [0, 0.1) is 19.8 Å². The predicted octanol–water partition coefficient (Wildman–Crippen LogP) is 2.85. The Morgan fingerprint density at radius 3 is 2.57 bits per heavy atom. The molecule has 28 heavy (non-hydrogen) atoms. The van der Waals surface area contributed by atoms with Gasteiger partial charge < -0.3 is 0 Å². The summed E-state index contributed by atoms with van der Waals surface area (Å²) in [4.78, 5) is 12.7. The average Bonchev–Trinajstić information content (AvgIpc) is 2.70. The maximum Gasteiger partial charge on any atom is 0.244 e. The van der Waals surface area contributed by atoms with Gasteiger partial charge in [-0.1, -0.05) is 42.0 Å². The highest BCUT2D eigenvalue weighted by atomic mass is 32.2. The highest BCUT2D eigenvalue weighted by Crippen LogP contribution is 2.24. The SMILES string of the molecule is Cc1ccc(S(=O)(=O)N2CCC[C@@H](C(=O)N/N=C\c3ccccc3C)C2)cc1. The van der Waals surface area contributed by atoms with Crippen LogP contribution in [-0.2, 0) is 14.8 Å². The number of benzene rings is 2. The third kappa shape index (κ3) is 4.66. The fraction of sp³-hybridized carbons (Fsp3) is 0.333. The van der Waals surface area contributed by atoms with Crippen molar-refractivity contribution in [1.82, 2.24) is 9.73 Å². The molecule has 0 saturated carbocycles. The lowest BCUT2D eigenvalue weighted by Crippen LogP contribution is -2.44. The van der Waals surface area contributed by atoms with E-state index < -0.39 is 15.9 Å². The van der Waals surface area contributed by atoms with Crippen LogP contribution in [0.15, 0.2) is 58.5 Å². The van der Waals surface area contributed by atoms with Crippen molar-refractivity contribution >= 4 is 22.1 Å². The summed E-state index contributed by atoms with van der Waals surface area (Å²) in [5.74, 6) is -0.670. The number of piperidine rings is 1. The van der Waals surface area contributed by atoms with Gasteiger partial charge in [-0.3, -0.25) is 4.79 Å². The van der Waals surface area contributed by atoms with E-state index in [4.69, 9.17) is 0 Å². The Morgan fingerprint density at radius 1 is 1.14 bits per heavy atom. The van der Waals surface area contributed by atoms with Gasteiger partial charge in [0, 0.05) is 13.1 Å². The van der Waals surface area contributed by atoms with Crippen molar-refractivity contribution in [2.24, 2.45) is 11.0 Å². The first-order valence-electron chi connectivity index (χ1n) is 9.33. The van der Waals surface area contributed by atoms with Crippen LogP contribution in [0.25, 0.3) is 0 Å². The quantitative estimate of drug-likeness (QED) is 0.620. The highest BCUT2D eigenvalue weighted by molar-refractivity contribution is 7.89. The van der Waals surface area contributed by atoms with Crippen molar-refractivity contribution in [2.45, 2.75) is 31.6 Å². The Hall–Kier alpha value is -2.51. The molecule has 3 rings (SSSR count). The van der Waals surface area contributed by atoms with E-state index in [-0.39, 0.29) is 17.3 Å². The highest BCUT2D eigenvalue weighted by Gasteiger charge is 2.33. The Kier molecular flexibility index (Phi) is 6.26. The molecular formula is C21H25N3O3S. The van der Waals surface area contributed by atoms with Crippen molar-refractivity contribution in [1.29, 1.82) is 0 Å². The Morgan fingerprint density at radius 2 is 1.86 bits per heavy atom. The van der Waals surface area contributed by atoms with Crippen LogP contribution in [0.1, 0.15) is 29.5 Å². The molecule has 0 aromatic heterocycles. The molecule has 0 bridgehead atoms. The van der Waals surface area contributed by atoms with E-state index in [0.717, 1.165) is 16.7 Å². The maximum atomic E-state index is 12.9. The topological polar surface area (TPSA) is 78.8 Å². The molecule has 0 radical (unpaired) electrons. The summed E-state index contributed by atoms with van der Waals surface area (Å²) in [5.41, 5.74) is 5.55. The zero-order valence-electron chi connectivity index (χ0n) is 16.1. The molecule has 1 fully saturated rings. The molecule has 6 nitrogen and oxygen atoms in total. The van der Waals surface area contributed by atoms with E-state index in [1.807, 2.05) is 38.1 Å². The molecule has 1 saturated heterocycles. The van der Waals surface area contributed by atoms with Gasteiger partial charge in [0.1, 0.15) is 0 Å². The number of amides is 1. The van der Waals surface area contributed by atoms with Gasteiger partial charge in [-0.2, -0.15) is 9.41 Å². The predicted molar refractivity (Wildman–Crippen MR) is 110 cm³/mol. The number of nitrogens with one attached hydrogen (secondary N) is 1. The van der Waals surface area contributed by atoms with Crippen molar-refractivity contribution in [3.05, 3.63) is 65.2 Å². The normalized spacial score (nSPS) is 18.3. The number of hydrogen-bond donors (Lipinski definition) is 1. The Labute approximate surface area is 166 Å². The number of hydrazone groups is 1. The molecule has 1 aliphatic rings. The van der Waals surface area contributed by atoms with Crippen LogP contribution in [0.5, 0.6) is 0 Å². The van der Waals surface area contributed by atoms with Crippen LogP contribution >= 0.6 is 0 Å². The summed E-state index contributed by atoms with van der Waals surface area (Å²) in [6, 6.07) is 14.5. The van der Waals surface area contributed by atoms with E-state index in [9.17, 15) is 13.2 Å². The number of hydrogen-bond acceptors (Lipinski definition) is 4. The molecule has 2 aromatic rings. The van der Waals surface area contributed by atoms with Crippen LogP contribution in [-0.4, -0.2) is 37.9 Å². The Balaban J connectivity index is 1.65. The van der Waals surface area contributed by atoms with E-state index in [1.54, 1.807) is 30.5 Å². The van der Waals surface area contributed by atoms with Gasteiger partial charge >= 0.3 is 0 Å². The summed E-state index contributed by atoms with van der Waals surface area (Å²) in [5, 5.41) is 4.04. The van der Waals surface area contributed by atoms with Gasteiger partial charge in [0.25, 0.3) is 0 Å². The van der Waals surface area contributed by atoms with Gasteiger partial charge in [-0.15, -0.1) is 0 Å². The maximum absolute atomic E-state index is 12.9. The first-order chi connectivity index (χ1) is 13.4. The smallest absolute Gasteiger partial charge is 0.244 e. The van der Waals surface area contributed by atoms with E-state index in [2.05, 4.69) is 10.5 Å². The molecule has 7 heteroatoms. The summed E-state index contributed by atoms with van der Waals surface area (Å²) in [6.45, 7) is 4.47. The zero-order chi connectivity index (χ0) is 20.1. The third-order valence-corrected chi connectivity index (χ3v) is 6.86. The monoisotopic (exact) mass is 399 g/mol. The summed E-state index contributed by atoms with van der Waals surface area (Å²) < 4.78 is 27.1. The number of sulfonamides is 1. The minimum atomic E-state index is -3.60. The second-order valence-corrected chi connectivity index (χ2v) is 9.04. The van der Waals surface area contributed by atoms with Crippen LogP contribution in [0.2, 0.25) is 0 Å². The van der Waals surface area contributed by atoms with E-state index in [1.165, 1.54) is 4.31 Å². The molecule has 148 valence electrons. The summed E-state index contributed by atoms with van der Waals surface area (Å²) in [6.07, 6.45) is 2.90. The average molecular weight is 400 g/mol. The molecule has 1 atom stereocenters. The molecule has 2 aromatic carbocycles. The van der Waals surface area contributed by atoms with Crippen LogP contribution in [0.3, 0.4) is 0 Å². The standard InChI is InChI=1S/C21H25N3O3S/c1-16-9-11-20(12-10-16)28(26,27)24-13-5-8-19(15-24)21(25)23-22-14-18-7-4-3-6-17(18)2/h3-4,6-7,9-12,14,19H,5,8,13,15H2,1-2H3,(H,23,25)/b22-14-/t19-/m1/s1. The molecule has 0 spiro atoms. The minimum Gasteiger partial charge on any atom is -0.273 e. The van der Waals surface area contributed by atoms with Crippen molar-refractivity contribution < 1.29 is 13.2 Å². The molecule has 1 amide bonds. The second kappa shape index (κ2) is 8.67. The van der Waals surface area contributed by atoms with Crippen molar-refractivity contribution in [3.8, 4) is 0 Å². The number of rotatable bonds is 5. The molecule has 0 unspecified atom stereocenters. The second-order valence-electron chi connectivity index (χ2n) is 7.11. The van der Waals surface area contributed by atoms with Crippen LogP contribution < -0.4 is 5.43 Å². The van der Waals surface area contributed by atoms with Gasteiger partial charge in [0.2, 0.25) is 15.9 Å².